The minimum Gasteiger partial charge on any atom is -0.360 e. The van der Waals surface area contributed by atoms with Crippen molar-refractivity contribution in [3.05, 3.63) is 114 Å². The van der Waals surface area contributed by atoms with E-state index in [2.05, 4.69) is 107 Å². The zero-order chi connectivity index (χ0) is 19.9. The summed E-state index contributed by atoms with van der Waals surface area (Å²) in [7, 11) is 0. The van der Waals surface area contributed by atoms with Gasteiger partial charge in [0.2, 0.25) is 0 Å². The normalized spacial score (nSPS) is 16.0. The first kappa shape index (κ1) is 17.0. The molecule has 0 bridgehead atoms. The average Bonchev–Trinajstić information content (AvgIpc) is 2.84. The van der Waals surface area contributed by atoms with Crippen molar-refractivity contribution in [3.8, 4) is 0 Å². The molecule has 0 fully saturated rings. The minimum atomic E-state index is -0.0600. The molecule has 0 aliphatic carbocycles. The lowest BCUT2D eigenvalue weighted by Gasteiger charge is -2.22. The highest BCUT2D eigenvalue weighted by Crippen LogP contribution is 2.36. The maximum atomic E-state index is 4.62. The van der Waals surface area contributed by atoms with Crippen molar-refractivity contribution in [3.63, 3.8) is 0 Å². The molecule has 6 rings (SSSR count). The van der Waals surface area contributed by atoms with Gasteiger partial charge in [0.05, 0.1) is 0 Å². The van der Waals surface area contributed by atoms with Crippen molar-refractivity contribution in [1.82, 2.24) is 5.32 Å². The van der Waals surface area contributed by atoms with Gasteiger partial charge in [0.25, 0.3) is 0 Å². The van der Waals surface area contributed by atoms with Gasteiger partial charge in [-0.1, -0.05) is 91.0 Å². The largest absolute Gasteiger partial charge is 0.360 e. The van der Waals surface area contributed by atoms with E-state index in [1.54, 1.807) is 0 Å². The third-order valence-electron chi connectivity index (χ3n) is 5.94. The third-order valence-corrected chi connectivity index (χ3v) is 5.94. The van der Waals surface area contributed by atoms with Crippen LogP contribution in [0.5, 0.6) is 0 Å². The van der Waals surface area contributed by atoms with E-state index >= 15 is 0 Å². The molecule has 0 saturated heterocycles. The first-order valence-corrected chi connectivity index (χ1v) is 10.3. The quantitative estimate of drug-likeness (QED) is 0.330. The summed E-state index contributed by atoms with van der Waals surface area (Å²) in [6.07, 6.45) is 3.91. The van der Waals surface area contributed by atoms with Crippen LogP contribution in [-0.2, 0) is 0 Å². The van der Waals surface area contributed by atoms with Crippen molar-refractivity contribution >= 4 is 44.2 Å². The number of rotatable bonds is 2. The Balaban J connectivity index is 1.52. The molecule has 1 aliphatic rings. The highest BCUT2D eigenvalue weighted by molar-refractivity contribution is 6.25. The van der Waals surface area contributed by atoms with E-state index < -0.39 is 0 Å². The molecule has 2 nitrogen and oxygen atoms in total. The SMILES string of the molecule is C1=NC(c2ccccc2)NC(c2ccc3c4ccccc4c4ccccc4c3c2)=C1. The summed E-state index contributed by atoms with van der Waals surface area (Å²) in [5.41, 5.74) is 3.43. The Labute approximate surface area is 175 Å². The van der Waals surface area contributed by atoms with Gasteiger partial charge >= 0.3 is 0 Å². The molecule has 0 radical (unpaired) electrons. The smallest absolute Gasteiger partial charge is 0.144 e. The molecule has 0 amide bonds. The summed E-state index contributed by atoms with van der Waals surface area (Å²) >= 11 is 0. The monoisotopic (exact) mass is 384 g/mol. The number of hydrogen-bond acceptors (Lipinski definition) is 2. The van der Waals surface area contributed by atoms with E-state index in [0.29, 0.717) is 0 Å². The second kappa shape index (κ2) is 6.85. The van der Waals surface area contributed by atoms with Gasteiger partial charge in [-0.2, -0.15) is 0 Å². The van der Waals surface area contributed by atoms with Crippen LogP contribution in [0.25, 0.3) is 38.0 Å². The van der Waals surface area contributed by atoms with Gasteiger partial charge in [0, 0.05) is 11.9 Å². The van der Waals surface area contributed by atoms with Gasteiger partial charge in [0.15, 0.2) is 0 Å². The van der Waals surface area contributed by atoms with Crippen LogP contribution in [0.3, 0.4) is 0 Å². The maximum absolute atomic E-state index is 4.62. The zero-order valence-corrected chi connectivity index (χ0v) is 16.4. The predicted octanol–water partition coefficient (Wildman–Crippen LogP) is 6.86. The van der Waals surface area contributed by atoms with Gasteiger partial charge in [-0.3, -0.25) is 4.99 Å². The number of nitrogens with zero attached hydrogens (tertiary/aromatic N) is 1. The fraction of sp³-hybridized carbons (Fsp3) is 0.0357. The summed E-state index contributed by atoms with van der Waals surface area (Å²) < 4.78 is 0. The second-order valence-corrected chi connectivity index (χ2v) is 7.69. The lowest BCUT2D eigenvalue weighted by Crippen LogP contribution is -2.21. The number of aliphatic imine (C=N–C) groups is 1. The molecule has 30 heavy (non-hydrogen) atoms. The minimum absolute atomic E-state index is 0.0600. The van der Waals surface area contributed by atoms with Crippen LogP contribution >= 0.6 is 0 Å². The lowest BCUT2D eigenvalue weighted by molar-refractivity contribution is 0.667. The number of hydrogen-bond donors (Lipinski definition) is 1. The lowest BCUT2D eigenvalue weighted by atomic mass is 9.92. The van der Waals surface area contributed by atoms with Crippen LogP contribution in [0, 0.1) is 0 Å². The van der Waals surface area contributed by atoms with Crippen molar-refractivity contribution in [1.29, 1.82) is 0 Å². The van der Waals surface area contributed by atoms with E-state index in [1.807, 2.05) is 12.3 Å². The topological polar surface area (TPSA) is 24.4 Å². The Morgan fingerprint density at radius 3 is 1.80 bits per heavy atom. The molecule has 1 aliphatic heterocycles. The molecule has 142 valence electrons. The van der Waals surface area contributed by atoms with Crippen LogP contribution in [0.2, 0.25) is 0 Å². The average molecular weight is 384 g/mol. The van der Waals surface area contributed by atoms with Crippen molar-refractivity contribution in [2.24, 2.45) is 4.99 Å². The molecule has 1 unspecified atom stereocenters. The third kappa shape index (κ3) is 2.69. The fourth-order valence-electron chi connectivity index (χ4n) is 4.50. The van der Waals surface area contributed by atoms with Gasteiger partial charge in [-0.05, 0) is 55.6 Å². The maximum Gasteiger partial charge on any atom is 0.144 e. The predicted molar refractivity (Wildman–Crippen MR) is 128 cm³/mol. The molecule has 0 aromatic heterocycles. The van der Waals surface area contributed by atoms with Crippen molar-refractivity contribution < 1.29 is 0 Å². The Bertz CT molecular complexity index is 1430. The Morgan fingerprint density at radius 2 is 1.13 bits per heavy atom. The summed E-state index contributed by atoms with van der Waals surface area (Å²) in [4.78, 5) is 4.62. The van der Waals surface area contributed by atoms with Crippen LogP contribution < -0.4 is 5.32 Å². The van der Waals surface area contributed by atoms with E-state index in [0.717, 1.165) is 11.3 Å². The standard InChI is InChI=1S/C28H20N2/c1-2-8-19(9-3-1)28-29-17-16-27(30-28)20-14-15-25-23-12-5-4-10-21(23)22-11-6-7-13-24(22)26(25)18-20/h1-18,28,30H. The number of nitrogens with one attached hydrogen (secondary N) is 1. The summed E-state index contributed by atoms with van der Waals surface area (Å²) in [5, 5.41) is 11.4. The van der Waals surface area contributed by atoms with Gasteiger partial charge < -0.3 is 5.32 Å². The van der Waals surface area contributed by atoms with Crippen LogP contribution in [0.4, 0.5) is 0 Å². The van der Waals surface area contributed by atoms with E-state index in [9.17, 15) is 0 Å². The van der Waals surface area contributed by atoms with Crippen LogP contribution in [0.1, 0.15) is 17.3 Å². The van der Waals surface area contributed by atoms with Crippen LogP contribution in [0.15, 0.2) is 108 Å². The van der Waals surface area contributed by atoms with Crippen LogP contribution in [-0.4, -0.2) is 6.21 Å². The number of benzene rings is 5. The van der Waals surface area contributed by atoms with E-state index in [-0.39, 0.29) is 6.17 Å². The van der Waals surface area contributed by atoms with Crippen molar-refractivity contribution in [2.45, 2.75) is 6.17 Å². The van der Waals surface area contributed by atoms with Gasteiger partial charge in [0.1, 0.15) is 6.17 Å². The van der Waals surface area contributed by atoms with E-state index in [4.69, 9.17) is 0 Å². The molecule has 1 N–H and O–H groups in total. The highest BCUT2D eigenvalue weighted by Gasteiger charge is 2.15. The molecule has 1 heterocycles. The molecule has 0 saturated carbocycles. The Morgan fingerprint density at radius 1 is 0.567 bits per heavy atom. The summed E-state index contributed by atoms with van der Waals surface area (Å²) in [6.45, 7) is 0. The van der Waals surface area contributed by atoms with Gasteiger partial charge in [-0.25, -0.2) is 0 Å². The second-order valence-electron chi connectivity index (χ2n) is 7.69. The zero-order valence-electron chi connectivity index (χ0n) is 16.4. The first-order chi connectivity index (χ1) is 14.9. The van der Waals surface area contributed by atoms with Gasteiger partial charge in [-0.15, -0.1) is 0 Å². The molecule has 2 heteroatoms. The number of fused-ring (bicyclic) bond motifs is 6. The number of allylic oxidation sites excluding steroid dienone is 1. The van der Waals surface area contributed by atoms with Crippen molar-refractivity contribution in [2.75, 3.05) is 0 Å². The first-order valence-electron chi connectivity index (χ1n) is 10.3. The molecular weight excluding hydrogens is 364 g/mol. The summed E-state index contributed by atoms with van der Waals surface area (Å²) in [6, 6.07) is 34.5. The Kier molecular flexibility index (Phi) is 3.88. The molecule has 5 aromatic rings. The molecule has 0 spiro atoms. The highest BCUT2D eigenvalue weighted by atomic mass is 15.1. The van der Waals surface area contributed by atoms with E-state index in [1.165, 1.54) is 37.9 Å². The fourth-order valence-corrected chi connectivity index (χ4v) is 4.50. The molecule has 5 aromatic carbocycles. The Hall–Kier alpha value is -3.91. The molecule has 1 atom stereocenters. The molecular formula is C28H20N2. The summed E-state index contributed by atoms with van der Waals surface area (Å²) in [5.74, 6) is 0.